The number of rotatable bonds is 10. The summed E-state index contributed by atoms with van der Waals surface area (Å²) in [5.74, 6) is -0.444. The lowest BCUT2D eigenvalue weighted by molar-refractivity contribution is -0.121. The van der Waals surface area contributed by atoms with Gasteiger partial charge in [0.25, 0.3) is 5.91 Å². The molecule has 0 bridgehead atoms. The zero-order chi connectivity index (χ0) is 26.2. The lowest BCUT2D eigenvalue weighted by Gasteiger charge is -2.07. The number of nitrogens with one attached hydrogen (secondary N) is 5. The summed E-state index contributed by atoms with van der Waals surface area (Å²) in [5.41, 5.74) is 10.3. The molecule has 5 N–H and O–H groups in total. The molecule has 0 radical (unpaired) electrons. The molecule has 0 atom stereocenters. The molecule has 5 aromatic rings. The number of carbonyl (C=O) groups excluding carboxylic acids is 2. The van der Waals surface area contributed by atoms with E-state index in [1.54, 1.807) is 24.6 Å². The van der Waals surface area contributed by atoms with Gasteiger partial charge < -0.3 is 15.3 Å². The van der Waals surface area contributed by atoms with Crippen LogP contribution in [0.3, 0.4) is 0 Å². The largest absolute Gasteiger partial charge is 0.385 e. The van der Waals surface area contributed by atoms with Crippen LogP contribution in [0.2, 0.25) is 0 Å². The molecule has 0 saturated carbocycles. The number of carbonyl (C=O) groups is 2. The number of hydrazone groups is 2. The second-order valence-electron chi connectivity index (χ2n) is 8.68. The van der Waals surface area contributed by atoms with Crippen LogP contribution in [0.5, 0.6) is 0 Å². The number of para-hydroxylation sites is 2. The number of aromatic amines is 2. The zero-order valence-corrected chi connectivity index (χ0v) is 20.6. The molecule has 38 heavy (non-hydrogen) atoms. The van der Waals surface area contributed by atoms with E-state index in [-0.39, 0.29) is 11.8 Å². The fraction of sp³-hybridized carbons (Fsp3) is 0.103. The predicted molar refractivity (Wildman–Crippen MR) is 152 cm³/mol. The maximum Gasteiger partial charge on any atom is 0.271 e. The van der Waals surface area contributed by atoms with E-state index in [9.17, 15) is 9.59 Å². The SMILES string of the molecule is O=C(CCCNc1ccc(C(=O)N/N=C/c2c[nH]c3ccccc23)cc1)N/N=C/c1c[nH]c2ccccc12. The fourth-order valence-corrected chi connectivity index (χ4v) is 4.08. The maximum atomic E-state index is 12.4. The third-order valence-electron chi connectivity index (χ3n) is 6.06. The van der Waals surface area contributed by atoms with Crippen molar-refractivity contribution in [1.29, 1.82) is 0 Å². The van der Waals surface area contributed by atoms with Crippen molar-refractivity contribution >= 4 is 51.7 Å². The van der Waals surface area contributed by atoms with Crippen LogP contribution in [-0.4, -0.2) is 40.8 Å². The molecular formula is C29H27N7O2. The average Bonchev–Trinajstić information content (AvgIpc) is 3.56. The Morgan fingerprint density at radius 3 is 1.95 bits per heavy atom. The molecule has 2 amide bonds. The first kappa shape index (κ1) is 24.5. The molecule has 0 spiro atoms. The molecule has 3 aromatic carbocycles. The van der Waals surface area contributed by atoms with Crippen LogP contribution in [0.1, 0.15) is 34.3 Å². The van der Waals surface area contributed by atoms with Crippen LogP contribution in [0, 0.1) is 0 Å². The minimum absolute atomic E-state index is 0.150. The van der Waals surface area contributed by atoms with E-state index < -0.39 is 0 Å². The van der Waals surface area contributed by atoms with Gasteiger partial charge in [0.15, 0.2) is 0 Å². The molecular weight excluding hydrogens is 478 g/mol. The number of nitrogens with zero attached hydrogens (tertiary/aromatic N) is 2. The lowest BCUT2D eigenvalue weighted by Crippen LogP contribution is -2.18. The van der Waals surface area contributed by atoms with Crippen molar-refractivity contribution < 1.29 is 9.59 Å². The molecule has 0 aliphatic carbocycles. The monoisotopic (exact) mass is 505 g/mol. The second kappa shape index (κ2) is 11.7. The number of H-pyrrole nitrogens is 2. The first-order chi connectivity index (χ1) is 18.7. The van der Waals surface area contributed by atoms with Crippen LogP contribution < -0.4 is 16.2 Å². The predicted octanol–water partition coefficient (Wildman–Crippen LogP) is 4.76. The number of aromatic nitrogens is 2. The first-order valence-corrected chi connectivity index (χ1v) is 12.3. The van der Waals surface area contributed by atoms with E-state index in [2.05, 4.69) is 36.3 Å². The molecule has 9 nitrogen and oxygen atoms in total. The van der Waals surface area contributed by atoms with E-state index in [1.165, 1.54) is 0 Å². The molecule has 5 rings (SSSR count). The van der Waals surface area contributed by atoms with Gasteiger partial charge in [-0.2, -0.15) is 10.2 Å². The minimum Gasteiger partial charge on any atom is -0.385 e. The number of hydrogen-bond acceptors (Lipinski definition) is 5. The molecule has 0 unspecified atom stereocenters. The van der Waals surface area contributed by atoms with E-state index in [1.807, 2.05) is 73.1 Å². The van der Waals surface area contributed by atoms with Gasteiger partial charge in [0.05, 0.1) is 12.4 Å². The van der Waals surface area contributed by atoms with E-state index in [0.717, 1.165) is 38.6 Å². The Morgan fingerprint density at radius 2 is 1.32 bits per heavy atom. The molecule has 2 aromatic heterocycles. The van der Waals surface area contributed by atoms with Crippen LogP contribution >= 0.6 is 0 Å². The highest BCUT2D eigenvalue weighted by molar-refractivity contribution is 6.00. The van der Waals surface area contributed by atoms with Gasteiger partial charge in [0, 0.05) is 69.5 Å². The smallest absolute Gasteiger partial charge is 0.271 e. The summed E-state index contributed by atoms with van der Waals surface area (Å²) in [7, 11) is 0. The number of fused-ring (bicyclic) bond motifs is 2. The molecule has 0 saturated heterocycles. The van der Waals surface area contributed by atoms with Gasteiger partial charge in [-0.15, -0.1) is 0 Å². The van der Waals surface area contributed by atoms with Crippen molar-refractivity contribution in [2.24, 2.45) is 10.2 Å². The minimum atomic E-state index is -0.294. The van der Waals surface area contributed by atoms with Crippen LogP contribution in [0.25, 0.3) is 21.8 Å². The Morgan fingerprint density at radius 1 is 0.737 bits per heavy atom. The van der Waals surface area contributed by atoms with Gasteiger partial charge in [-0.3, -0.25) is 9.59 Å². The third-order valence-corrected chi connectivity index (χ3v) is 6.06. The zero-order valence-electron chi connectivity index (χ0n) is 20.6. The summed E-state index contributed by atoms with van der Waals surface area (Å²) in [5, 5.41) is 13.5. The Hall–Kier alpha value is -5.18. The van der Waals surface area contributed by atoms with Crippen molar-refractivity contribution in [3.63, 3.8) is 0 Å². The second-order valence-corrected chi connectivity index (χ2v) is 8.68. The maximum absolute atomic E-state index is 12.4. The standard InChI is InChI=1S/C29H27N7O2/c37-28(35-33-18-21-16-31-26-8-3-1-6-24(21)26)10-5-15-30-23-13-11-20(12-14-23)29(38)36-34-19-22-17-32-27-9-4-2-7-25(22)27/h1-4,6-9,11-14,16-19,30-32H,5,10,15H2,(H,35,37)(H,36,38)/b33-18+,34-19+. The van der Waals surface area contributed by atoms with Crippen LogP contribution in [0.4, 0.5) is 5.69 Å². The summed E-state index contributed by atoms with van der Waals surface area (Å²) >= 11 is 0. The third kappa shape index (κ3) is 5.96. The Balaban J connectivity index is 1.02. The summed E-state index contributed by atoms with van der Waals surface area (Å²) in [4.78, 5) is 30.8. The lowest BCUT2D eigenvalue weighted by atomic mass is 10.2. The highest BCUT2D eigenvalue weighted by Crippen LogP contribution is 2.16. The van der Waals surface area contributed by atoms with E-state index in [4.69, 9.17) is 0 Å². The average molecular weight is 506 g/mol. The summed E-state index contributed by atoms with van der Waals surface area (Å²) in [6.07, 6.45) is 7.95. The summed E-state index contributed by atoms with van der Waals surface area (Å²) < 4.78 is 0. The van der Waals surface area contributed by atoms with E-state index >= 15 is 0 Å². The van der Waals surface area contributed by atoms with Gasteiger partial charge in [0.1, 0.15) is 0 Å². The summed E-state index contributed by atoms with van der Waals surface area (Å²) in [6.45, 7) is 0.611. The summed E-state index contributed by atoms with van der Waals surface area (Å²) in [6, 6.07) is 22.9. The Bertz CT molecular complexity index is 1610. The number of anilines is 1. The van der Waals surface area contributed by atoms with Gasteiger partial charge in [-0.25, -0.2) is 10.9 Å². The molecule has 9 heteroatoms. The Labute approximate surface area is 219 Å². The molecule has 0 fully saturated rings. The Kier molecular flexibility index (Phi) is 7.55. The first-order valence-electron chi connectivity index (χ1n) is 12.3. The van der Waals surface area contributed by atoms with Crippen LogP contribution in [-0.2, 0) is 4.79 Å². The van der Waals surface area contributed by atoms with E-state index in [0.29, 0.717) is 24.9 Å². The van der Waals surface area contributed by atoms with Crippen molar-refractivity contribution in [3.05, 3.63) is 102 Å². The van der Waals surface area contributed by atoms with Crippen LogP contribution in [0.15, 0.2) is 95.4 Å². The highest BCUT2D eigenvalue weighted by Gasteiger charge is 2.06. The van der Waals surface area contributed by atoms with Crippen molar-refractivity contribution in [2.75, 3.05) is 11.9 Å². The quantitative estimate of drug-likeness (QED) is 0.107. The topological polar surface area (TPSA) is 127 Å². The van der Waals surface area contributed by atoms with Gasteiger partial charge in [0.2, 0.25) is 5.91 Å². The van der Waals surface area contributed by atoms with Crippen molar-refractivity contribution in [2.45, 2.75) is 12.8 Å². The van der Waals surface area contributed by atoms with Gasteiger partial charge >= 0.3 is 0 Å². The van der Waals surface area contributed by atoms with Crippen molar-refractivity contribution in [3.8, 4) is 0 Å². The number of benzene rings is 3. The fourth-order valence-electron chi connectivity index (χ4n) is 4.08. The molecule has 2 heterocycles. The van der Waals surface area contributed by atoms with Gasteiger partial charge in [-0.05, 0) is 42.8 Å². The highest BCUT2D eigenvalue weighted by atomic mass is 16.2. The number of amides is 2. The van der Waals surface area contributed by atoms with Crippen molar-refractivity contribution in [1.82, 2.24) is 20.8 Å². The molecule has 0 aliphatic heterocycles. The molecule has 0 aliphatic rings. The normalized spacial score (nSPS) is 11.5. The molecule has 190 valence electrons. The van der Waals surface area contributed by atoms with Gasteiger partial charge in [-0.1, -0.05) is 36.4 Å². The number of hydrogen-bond donors (Lipinski definition) is 5.